The van der Waals surface area contributed by atoms with Gasteiger partial charge in [-0.15, -0.1) is 0 Å². The SMILES string of the molecule is CCc1ccc(C2NC(=S)N(CC3CCCO3)C(C)=C2c2nc(-c3ccc(F)cc3)no2)cc1. The second-order valence-electron chi connectivity index (χ2n) is 8.65. The van der Waals surface area contributed by atoms with Crippen LogP contribution >= 0.6 is 12.2 Å². The molecule has 34 heavy (non-hydrogen) atoms. The molecular formula is C26H27FN4O2S. The first-order valence-electron chi connectivity index (χ1n) is 11.6. The lowest BCUT2D eigenvalue weighted by atomic mass is 9.93. The van der Waals surface area contributed by atoms with Gasteiger partial charge in [-0.1, -0.05) is 36.3 Å². The third-order valence-corrected chi connectivity index (χ3v) is 6.82. The number of aromatic nitrogens is 2. The average Bonchev–Trinajstić information content (AvgIpc) is 3.54. The van der Waals surface area contributed by atoms with Gasteiger partial charge in [0.2, 0.25) is 5.82 Å². The molecule has 1 fully saturated rings. The van der Waals surface area contributed by atoms with E-state index in [4.69, 9.17) is 21.5 Å². The summed E-state index contributed by atoms with van der Waals surface area (Å²) in [6, 6.07) is 14.3. The molecule has 2 aliphatic rings. The van der Waals surface area contributed by atoms with Crippen molar-refractivity contribution in [3.63, 3.8) is 0 Å². The van der Waals surface area contributed by atoms with Gasteiger partial charge >= 0.3 is 0 Å². The first-order valence-corrected chi connectivity index (χ1v) is 12.0. The fraction of sp³-hybridized carbons (Fsp3) is 0.346. The van der Waals surface area contributed by atoms with Crippen molar-refractivity contribution in [3.05, 3.63) is 77.1 Å². The molecule has 1 saturated heterocycles. The molecule has 1 N–H and O–H groups in total. The standard InChI is InChI=1S/C26H27FN4O2S/c1-3-17-6-8-18(9-7-17)23-22(16(2)31(26(34)28-23)15-21-5-4-14-32-21)25-29-24(30-33-25)19-10-12-20(27)13-11-19/h6-13,21,23H,3-5,14-15H2,1-2H3,(H,28,34). The molecule has 0 bridgehead atoms. The number of nitrogens with one attached hydrogen (secondary N) is 1. The fourth-order valence-electron chi connectivity index (χ4n) is 4.52. The molecule has 0 radical (unpaired) electrons. The van der Waals surface area contributed by atoms with Gasteiger partial charge in [0.15, 0.2) is 5.11 Å². The molecule has 2 aromatic carbocycles. The Hall–Kier alpha value is -3.10. The molecule has 3 aromatic rings. The summed E-state index contributed by atoms with van der Waals surface area (Å²) in [5.74, 6) is 0.513. The van der Waals surface area contributed by atoms with Crippen LogP contribution in [0.2, 0.25) is 0 Å². The van der Waals surface area contributed by atoms with Crippen molar-refractivity contribution in [3.8, 4) is 11.4 Å². The highest BCUT2D eigenvalue weighted by Gasteiger charge is 2.35. The average molecular weight is 479 g/mol. The van der Waals surface area contributed by atoms with Crippen LogP contribution in [-0.4, -0.2) is 39.4 Å². The van der Waals surface area contributed by atoms with Crippen LogP contribution in [0, 0.1) is 5.82 Å². The van der Waals surface area contributed by atoms with E-state index in [1.165, 1.54) is 17.7 Å². The summed E-state index contributed by atoms with van der Waals surface area (Å²) in [5, 5.41) is 8.33. The predicted molar refractivity (Wildman–Crippen MR) is 132 cm³/mol. The lowest BCUT2D eigenvalue weighted by Gasteiger charge is -2.38. The molecular weight excluding hydrogens is 451 g/mol. The van der Waals surface area contributed by atoms with E-state index >= 15 is 0 Å². The Balaban J connectivity index is 1.55. The molecule has 2 aliphatic heterocycles. The summed E-state index contributed by atoms with van der Waals surface area (Å²) in [6.07, 6.45) is 3.18. The molecule has 8 heteroatoms. The van der Waals surface area contributed by atoms with Gasteiger partial charge in [-0.3, -0.25) is 0 Å². The number of benzene rings is 2. The number of allylic oxidation sites excluding steroid dienone is 1. The second-order valence-corrected chi connectivity index (χ2v) is 9.04. The third-order valence-electron chi connectivity index (χ3n) is 6.49. The lowest BCUT2D eigenvalue weighted by molar-refractivity contribution is 0.0962. The number of hydrogen-bond donors (Lipinski definition) is 1. The zero-order valence-corrected chi connectivity index (χ0v) is 20.1. The van der Waals surface area contributed by atoms with Gasteiger partial charge in [-0.25, -0.2) is 4.39 Å². The molecule has 2 atom stereocenters. The van der Waals surface area contributed by atoms with Gasteiger partial charge in [0.25, 0.3) is 5.89 Å². The number of ether oxygens (including phenoxy) is 1. The van der Waals surface area contributed by atoms with Gasteiger partial charge in [0, 0.05) is 17.9 Å². The minimum absolute atomic E-state index is 0.133. The molecule has 6 nitrogen and oxygen atoms in total. The normalized spacial score (nSPS) is 20.7. The molecule has 0 spiro atoms. The van der Waals surface area contributed by atoms with Crippen LogP contribution in [0.1, 0.15) is 49.7 Å². The van der Waals surface area contributed by atoms with Crippen molar-refractivity contribution >= 4 is 22.9 Å². The number of hydrogen-bond acceptors (Lipinski definition) is 5. The molecule has 1 aromatic heterocycles. The molecule has 5 rings (SSSR count). The van der Waals surface area contributed by atoms with Gasteiger partial charge in [0.05, 0.1) is 24.3 Å². The Morgan fingerprint density at radius 3 is 2.59 bits per heavy atom. The van der Waals surface area contributed by atoms with Crippen molar-refractivity contribution in [2.24, 2.45) is 0 Å². The van der Waals surface area contributed by atoms with Gasteiger partial charge < -0.3 is 19.5 Å². The summed E-state index contributed by atoms with van der Waals surface area (Å²) in [4.78, 5) is 6.75. The Labute approximate surface area is 203 Å². The highest BCUT2D eigenvalue weighted by atomic mass is 32.1. The monoisotopic (exact) mass is 478 g/mol. The molecule has 2 unspecified atom stereocenters. The quantitative estimate of drug-likeness (QED) is 0.484. The van der Waals surface area contributed by atoms with Crippen LogP contribution in [0.4, 0.5) is 4.39 Å². The molecule has 0 aliphatic carbocycles. The van der Waals surface area contributed by atoms with Crippen molar-refractivity contribution < 1.29 is 13.7 Å². The Morgan fingerprint density at radius 2 is 1.91 bits per heavy atom. The van der Waals surface area contributed by atoms with E-state index in [9.17, 15) is 4.39 Å². The van der Waals surface area contributed by atoms with Crippen LogP contribution in [0.15, 0.2) is 58.8 Å². The number of thiocarbonyl (C=S) groups is 1. The van der Waals surface area contributed by atoms with Crippen molar-refractivity contribution in [2.45, 2.75) is 45.3 Å². The van der Waals surface area contributed by atoms with E-state index in [1.807, 2.05) is 6.92 Å². The minimum atomic E-state index is -0.309. The second kappa shape index (κ2) is 9.64. The van der Waals surface area contributed by atoms with Crippen molar-refractivity contribution in [1.82, 2.24) is 20.4 Å². The largest absolute Gasteiger partial charge is 0.376 e. The zero-order valence-electron chi connectivity index (χ0n) is 19.3. The summed E-state index contributed by atoms with van der Waals surface area (Å²) in [6.45, 7) is 5.62. The molecule has 0 saturated carbocycles. The van der Waals surface area contributed by atoms with E-state index in [0.29, 0.717) is 28.9 Å². The highest BCUT2D eigenvalue weighted by Crippen LogP contribution is 2.38. The highest BCUT2D eigenvalue weighted by molar-refractivity contribution is 7.80. The first-order chi connectivity index (χ1) is 16.5. The van der Waals surface area contributed by atoms with Crippen LogP contribution in [-0.2, 0) is 11.2 Å². The number of rotatable bonds is 6. The van der Waals surface area contributed by atoms with E-state index < -0.39 is 0 Å². The van der Waals surface area contributed by atoms with Crippen molar-refractivity contribution in [1.29, 1.82) is 0 Å². The smallest absolute Gasteiger partial charge is 0.258 e. The van der Waals surface area contributed by atoms with E-state index in [-0.39, 0.29) is 18.0 Å². The topological polar surface area (TPSA) is 63.4 Å². The number of aryl methyl sites for hydroxylation is 1. The summed E-state index contributed by atoms with van der Waals surface area (Å²) in [5.41, 5.74) is 4.84. The summed E-state index contributed by atoms with van der Waals surface area (Å²) in [7, 11) is 0. The van der Waals surface area contributed by atoms with E-state index in [0.717, 1.165) is 42.7 Å². The first kappa shape index (κ1) is 22.7. The maximum absolute atomic E-state index is 13.4. The van der Waals surface area contributed by atoms with Crippen LogP contribution in [0.5, 0.6) is 0 Å². The molecule has 176 valence electrons. The minimum Gasteiger partial charge on any atom is -0.376 e. The van der Waals surface area contributed by atoms with Crippen LogP contribution < -0.4 is 5.32 Å². The third kappa shape index (κ3) is 4.48. The zero-order chi connectivity index (χ0) is 23.7. The summed E-state index contributed by atoms with van der Waals surface area (Å²) >= 11 is 5.78. The van der Waals surface area contributed by atoms with Gasteiger partial charge in [-0.2, -0.15) is 4.98 Å². The summed E-state index contributed by atoms with van der Waals surface area (Å²) < 4.78 is 25.0. The van der Waals surface area contributed by atoms with Crippen LogP contribution in [0.3, 0.4) is 0 Å². The fourth-order valence-corrected chi connectivity index (χ4v) is 4.84. The van der Waals surface area contributed by atoms with Crippen LogP contribution in [0.25, 0.3) is 17.0 Å². The van der Waals surface area contributed by atoms with Gasteiger partial charge in [-0.05, 0) is 73.8 Å². The number of halogens is 1. The Morgan fingerprint density at radius 1 is 1.15 bits per heavy atom. The maximum Gasteiger partial charge on any atom is 0.258 e. The molecule has 0 amide bonds. The predicted octanol–water partition coefficient (Wildman–Crippen LogP) is 5.28. The Kier molecular flexibility index (Phi) is 6.43. The van der Waals surface area contributed by atoms with E-state index in [2.05, 4.69) is 51.5 Å². The van der Waals surface area contributed by atoms with Gasteiger partial charge in [0.1, 0.15) is 5.82 Å². The molecule has 3 heterocycles. The maximum atomic E-state index is 13.4. The van der Waals surface area contributed by atoms with E-state index in [1.54, 1.807) is 12.1 Å². The lowest BCUT2D eigenvalue weighted by Crippen LogP contribution is -2.48. The van der Waals surface area contributed by atoms with Crippen molar-refractivity contribution in [2.75, 3.05) is 13.2 Å². The number of nitrogens with zero attached hydrogens (tertiary/aromatic N) is 3. The Bertz CT molecular complexity index is 1200.